The van der Waals surface area contributed by atoms with E-state index in [2.05, 4.69) is 10.3 Å². The molecule has 0 aliphatic carbocycles. The van der Waals surface area contributed by atoms with Crippen LogP contribution in [0.4, 0.5) is 5.82 Å². The Hall–Kier alpha value is -1.42. The van der Waals surface area contributed by atoms with Gasteiger partial charge in [0.15, 0.2) is 0 Å². The van der Waals surface area contributed by atoms with Gasteiger partial charge in [-0.3, -0.25) is 4.79 Å². The van der Waals surface area contributed by atoms with E-state index in [1.54, 1.807) is 12.3 Å². The van der Waals surface area contributed by atoms with Crippen LogP contribution in [0.3, 0.4) is 0 Å². The van der Waals surface area contributed by atoms with Crippen molar-refractivity contribution < 1.29 is 4.79 Å². The minimum atomic E-state index is 0.284. The number of pyridine rings is 1. The number of nitrogens with one attached hydrogen (secondary N) is 1. The molecule has 15 heavy (non-hydrogen) atoms. The smallest absolute Gasteiger partial charge is 0.137 e. The first-order valence-corrected chi connectivity index (χ1v) is 5.17. The van der Waals surface area contributed by atoms with Crippen molar-refractivity contribution >= 4 is 11.6 Å². The number of hydrogen-bond donors (Lipinski definition) is 2. The lowest BCUT2D eigenvalue weighted by Crippen LogP contribution is -2.43. The van der Waals surface area contributed by atoms with Gasteiger partial charge in [-0.1, -0.05) is 0 Å². The van der Waals surface area contributed by atoms with Crippen LogP contribution in [-0.2, 0) is 11.2 Å². The van der Waals surface area contributed by atoms with Crippen LogP contribution in [-0.4, -0.2) is 23.9 Å². The highest BCUT2D eigenvalue weighted by atomic mass is 16.1. The predicted molar refractivity (Wildman–Crippen MR) is 58.3 cm³/mol. The number of nitrogen functional groups attached to an aromatic ring is 1. The second-order valence-electron chi connectivity index (χ2n) is 4.03. The van der Waals surface area contributed by atoms with Crippen LogP contribution in [0.5, 0.6) is 0 Å². The quantitative estimate of drug-likeness (QED) is 0.746. The monoisotopic (exact) mass is 205 g/mol. The Morgan fingerprint density at radius 3 is 3.00 bits per heavy atom. The zero-order valence-electron chi connectivity index (χ0n) is 8.57. The number of anilines is 1. The molecule has 2 heterocycles. The molecule has 0 saturated carbocycles. The van der Waals surface area contributed by atoms with E-state index in [0.29, 0.717) is 24.6 Å². The molecule has 4 heteroatoms. The van der Waals surface area contributed by atoms with Gasteiger partial charge >= 0.3 is 0 Å². The van der Waals surface area contributed by atoms with E-state index in [1.807, 2.05) is 6.07 Å². The molecule has 0 atom stereocenters. The highest BCUT2D eigenvalue weighted by Gasteiger charge is 2.19. The van der Waals surface area contributed by atoms with E-state index < -0.39 is 0 Å². The van der Waals surface area contributed by atoms with Crippen molar-refractivity contribution in [3.63, 3.8) is 0 Å². The van der Waals surface area contributed by atoms with Gasteiger partial charge in [-0.2, -0.15) is 0 Å². The van der Waals surface area contributed by atoms with E-state index in [9.17, 15) is 4.79 Å². The first kappa shape index (κ1) is 10.1. The van der Waals surface area contributed by atoms with Gasteiger partial charge in [0.05, 0.1) is 0 Å². The zero-order chi connectivity index (χ0) is 10.7. The molecule has 2 rings (SSSR count). The summed E-state index contributed by atoms with van der Waals surface area (Å²) in [6.07, 6.45) is 2.79. The van der Waals surface area contributed by atoms with E-state index >= 15 is 0 Å². The summed E-state index contributed by atoms with van der Waals surface area (Å²) in [5.74, 6) is 1.30. The van der Waals surface area contributed by atoms with Gasteiger partial charge in [0.1, 0.15) is 11.6 Å². The molecule has 0 amide bonds. The third-order valence-electron chi connectivity index (χ3n) is 2.63. The maximum absolute atomic E-state index is 11.6. The fourth-order valence-corrected chi connectivity index (χ4v) is 1.72. The van der Waals surface area contributed by atoms with Gasteiger partial charge in [0.25, 0.3) is 0 Å². The summed E-state index contributed by atoms with van der Waals surface area (Å²) in [7, 11) is 0. The zero-order valence-corrected chi connectivity index (χ0v) is 8.57. The first-order valence-electron chi connectivity index (χ1n) is 5.17. The average Bonchev–Trinajstić information content (AvgIpc) is 2.11. The van der Waals surface area contributed by atoms with Crippen LogP contribution in [0.1, 0.15) is 12.0 Å². The van der Waals surface area contributed by atoms with Crippen molar-refractivity contribution in [1.82, 2.24) is 10.3 Å². The Kier molecular flexibility index (Phi) is 2.97. The van der Waals surface area contributed by atoms with Gasteiger partial charge in [0, 0.05) is 19.0 Å². The summed E-state index contributed by atoms with van der Waals surface area (Å²) in [6, 6.07) is 3.60. The minimum absolute atomic E-state index is 0.284. The number of hydrogen-bond acceptors (Lipinski definition) is 4. The van der Waals surface area contributed by atoms with Gasteiger partial charge in [-0.15, -0.1) is 0 Å². The fourth-order valence-electron chi connectivity index (χ4n) is 1.72. The minimum Gasteiger partial charge on any atom is -0.384 e. The van der Waals surface area contributed by atoms with Crippen LogP contribution in [0, 0.1) is 5.92 Å². The van der Waals surface area contributed by atoms with Gasteiger partial charge in [-0.25, -0.2) is 4.98 Å². The Morgan fingerprint density at radius 1 is 1.60 bits per heavy atom. The second kappa shape index (κ2) is 4.40. The fraction of sp³-hybridized carbons (Fsp3) is 0.455. The SMILES string of the molecule is Nc1cc(CC(=O)CC2CNC2)ccn1. The van der Waals surface area contributed by atoms with Crippen molar-refractivity contribution in [1.29, 1.82) is 0 Å². The number of carbonyl (C=O) groups excluding carboxylic acids is 1. The third kappa shape index (κ3) is 2.76. The van der Waals surface area contributed by atoms with Crippen LogP contribution >= 0.6 is 0 Å². The third-order valence-corrected chi connectivity index (χ3v) is 2.63. The van der Waals surface area contributed by atoms with Crippen LogP contribution in [0.15, 0.2) is 18.3 Å². The molecule has 1 aromatic rings. The van der Waals surface area contributed by atoms with Crippen LogP contribution in [0.2, 0.25) is 0 Å². The lowest BCUT2D eigenvalue weighted by atomic mass is 9.94. The summed E-state index contributed by atoms with van der Waals surface area (Å²) >= 11 is 0. The van der Waals surface area contributed by atoms with Crippen molar-refractivity contribution in [3.05, 3.63) is 23.9 Å². The summed E-state index contributed by atoms with van der Waals surface area (Å²) in [6.45, 7) is 1.95. The van der Waals surface area contributed by atoms with Crippen LogP contribution < -0.4 is 11.1 Å². The highest BCUT2D eigenvalue weighted by molar-refractivity contribution is 5.81. The lowest BCUT2D eigenvalue weighted by Gasteiger charge is -2.26. The lowest BCUT2D eigenvalue weighted by molar-refractivity contribution is -0.119. The van der Waals surface area contributed by atoms with Crippen molar-refractivity contribution in [2.75, 3.05) is 18.8 Å². The molecule has 0 bridgehead atoms. The van der Waals surface area contributed by atoms with Gasteiger partial charge in [-0.05, 0) is 36.7 Å². The topological polar surface area (TPSA) is 68.0 Å². The van der Waals surface area contributed by atoms with Crippen LogP contribution in [0.25, 0.3) is 0 Å². The number of carbonyl (C=O) groups is 1. The predicted octanol–water partition coefficient (Wildman–Crippen LogP) is 0.385. The standard InChI is InChI=1S/C11H15N3O/c12-11-5-8(1-2-14-11)3-10(15)4-9-6-13-7-9/h1-2,5,9,13H,3-4,6-7H2,(H2,12,14). The maximum Gasteiger partial charge on any atom is 0.137 e. The first-order chi connectivity index (χ1) is 7.24. The Labute approximate surface area is 88.9 Å². The van der Waals surface area contributed by atoms with Crippen molar-refractivity contribution in [2.24, 2.45) is 5.92 Å². The summed E-state index contributed by atoms with van der Waals surface area (Å²) < 4.78 is 0. The Morgan fingerprint density at radius 2 is 2.40 bits per heavy atom. The normalized spacial score (nSPS) is 16.0. The molecule has 1 fully saturated rings. The molecule has 3 N–H and O–H groups in total. The Balaban J connectivity index is 1.87. The molecule has 1 aliphatic heterocycles. The second-order valence-corrected chi connectivity index (χ2v) is 4.03. The number of ketones is 1. The molecule has 80 valence electrons. The molecule has 0 aromatic carbocycles. The van der Waals surface area contributed by atoms with Gasteiger partial charge < -0.3 is 11.1 Å². The molecule has 1 aliphatic rings. The average molecular weight is 205 g/mol. The Bertz CT molecular complexity index is 361. The van der Waals surface area contributed by atoms with E-state index in [-0.39, 0.29) is 5.78 Å². The molecule has 1 aromatic heterocycles. The molecule has 0 unspecified atom stereocenters. The number of aromatic nitrogens is 1. The maximum atomic E-state index is 11.6. The molecule has 0 spiro atoms. The molecule has 0 radical (unpaired) electrons. The van der Waals surface area contributed by atoms with Gasteiger partial charge in [0.2, 0.25) is 0 Å². The largest absolute Gasteiger partial charge is 0.384 e. The summed E-state index contributed by atoms with van der Waals surface area (Å²) in [4.78, 5) is 15.5. The molecular weight excluding hydrogens is 190 g/mol. The molecule has 1 saturated heterocycles. The number of nitrogens with two attached hydrogens (primary N) is 1. The van der Waals surface area contributed by atoms with Crippen molar-refractivity contribution in [3.8, 4) is 0 Å². The molecular formula is C11H15N3O. The van der Waals surface area contributed by atoms with Crippen molar-refractivity contribution in [2.45, 2.75) is 12.8 Å². The molecule has 4 nitrogen and oxygen atoms in total. The van der Waals surface area contributed by atoms with E-state index in [0.717, 1.165) is 18.7 Å². The summed E-state index contributed by atoms with van der Waals surface area (Å²) in [5.41, 5.74) is 6.50. The van der Waals surface area contributed by atoms with E-state index in [4.69, 9.17) is 5.73 Å². The summed E-state index contributed by atoms with van der Waals surface area (Å²) in [5, 5.41) is 3.16. The number of nitrogens with zero attached hydrogens (tertiary/aromatic N) is 1. The number of rotatable bonds is 4. The van der Waals surface area contributed by atoms with E-state index in [1.165, 1.54) is 0 Å². The highest BCUT2D eigenvalue weighted by Crippen LogP contribution is 2.12. The number of Topliss-reactive ketones (excluding diaryl/α,β-unsaturated/α-hetero) is 1.